The molecule has 23 heavy (non-hydrogen) atoms. The molecule has 0 spiro atoms. The van der Waals surface area contributed by atoms with E-state index in [-0.39, 0.29) is 17.7 Å². The van der Waals surface area contributed by atoms with E-state index in [9.17, 15) is 9.59 Å². The van der Waals surface area contributed by atoms with Crippen LogP contribution in [0.25, 0.3) is 0 Å². The highest BCUT2D eigenvalue weighted by Gasteiger charge is 2.50. The molecule has 0 unspecified atom stereocenters. The Kier molecular flexibility index (Phi) is 4.39. The van der Waals surface area contributed by atoms with E-state index in [0.29, 0.717) is 38.7 Å². The second kappa shape index (κ2) is 6.17. The van der Waals surface area contributed by atoms with Gasteiger partial charge in [0.05, 0.1) is 18.1 Å². The molecule has 1 atom stereocenters. The lowest BCUT2D eigenvalue weighted by atomic mass is 9.65. The molecule has 1 saturated heterocycles. The zero-order valence-corrected chi connectivity index (χ0v) is 13.8. The number of hydrogen-bond donors (Lipinski definition) is 0. The molecule has 0 aromatic heterocycles. The first-order chi connectivity index (χ1) is 10.9. The monoisotopic (exact) mass is 316 g/mol. The van der Waals surface area contributed by atoms with Gasteiger partial charge in [-0.05, 0) is 38.7 Å². The molecule has 0 amide bonds. The number of ether oxygens (including phenoxy) is 2. The van der Waals surface area contributed by atoms with Gasteiger partial charge in [0.2, 0.25) is 0 Å². The Morgan fingerprint density at radius 1 is 1.09 bits per heavy atom. The van der Waals surface area contributed by atoms with Gasteiger partial charge in [0.25, 0.3) is 0 Å². The fraction of sp³-hybridized carbons (Fsp3) is 0.579. The predicted molar refractivity (Wildman–Crippen MR) is 86.0 cm³/mol. The standard InChI is InChI=1S/C19H24O4/c1-18(2)22-13-15(23-18)12-19(11-14-7-4-3-5-8-14)16(20)9-6-10-17(19)21/h3-5,7-8,15H,6,9-13H2,1-2H3/t15-/m0/s1. The lowest BCUT2D eigenvalue weighted by Gasteiger charge is -2.36. The van der Waals surface area contributed by atoms with Crippen molar-refractivity contribution in [3.8, 4) is 0 Å². The number of benzene rings is 1. The summed E-state index contributed by atoms with van der Waals surface area (Å²) in [5.74, 6) is -0.517. The van der Waals surface area contributed by atoms with Gasteiger partial charge in [-0.15, -0.1) is 0 Å². The Bertz CT molecular complexity index is 575. The summed E-state index contributed by atoms with van der Waals surface area (Å²) < 4.78 is 11.5. The largest absolute Gasteiger partial charge is 0.348 e. The molecule has 1 aliphatic carbocycles. The van der Waals surface area contributed by atoms with Gasteiger partial charge in [-0.3, -0.25) is 9.59 Å². The smallest absolute Gasteiger partial charge is 0.163 e. The third kappa shape index (κ3) is 3.38. The highest BCUT2D eigenvalue weighted by molar-refractivity contribution is 6.09. The van der Waals surface area contributed by atoms with E-state index in [1.54, 1.807) is 0 Å². The summed E-state index contributed by atoms with van der Waals surface area (Å²) in [7, 11) is 0. The maximum absolute atomic E-state index is 12.8. The van der Waals surface area contributed by atoms with Crippen LogP contribution >= 0.6 is 0 Å². The number of ketones is 2. The molecule has 0 N–H and O–H groups in total. The van der Waals surface area contributed by atoms with Crippen molar-refractivity contribution < 1.29 is 19.1 Å². The SMILES string of the molecule is CC1(C)OC[C@H](CC2(Cc3ccccc3)C(=O)CCCC2=O)O1. The van der Waals surface area contributed by atoms with Gasteiger partial charge in [0, 0.05) is 12.8 Å². The zero-order chi connectivity index (χ0) is 16.5. The summed E-state index contributed by atoms with van der Waals surface area (Å²) >= 11 is 0. The van der Waals surface area contributed by atoms with Crippen molar-refractivity contribution in [3.63, 3.8) is 0 Å². The van der Waals surface area contributed by atoms with E-state index in [1.807, 2.05) is 44.2 Å². The summed E-state index contributed by atoms with van der Waals surface area (Å²) in [6.07, 6.45) is 2.31. The molecule has 4 nitrogen and oxygen atoms in total. The minimum absolute atomic E-state index is 0.0610. The summed E-state index contributed by atoms with van der Waals surface area (Å²) in [6.45, 7) is 4.16. The highest BCUT2D eigenvalue weighted by Crippen LogP contribution is 2.40. The zero-order valence-electron chi connectivity index (χ0n) is 13.8. The Morgan fingerprint density at radius 3 is 2.30 bits per heavy atom. The maximum Gasteiger partial charge on any atom is 0.163 e. The van der Waals surface area contributed by atoms with Crippen molar-refractivity contribution in [3.05, 3.63) is 35.9 Å². The molecular weight excluding hydrogens is 292 g/mol. The van der Waals surface area contributed by atoms with Crippen LogP contribution in [0, 0.1) is 5.41 Å². The van der Waals surface area contributed by atoms with Crippen molar-refractivity contribution in [2.75, 3.05) is 6.61 Å². The van der Waals surface area contributed by atoms with Crippen molar-refractivity contribution in [2.45, 2.75) is 57.8 Å². The van der Waals surface area contributed by atoms with Gasteiger partial charge in [-0.1, -0.05) is 30.3 Å². The fourth-order valence-corrected chi connectivity index (χ4v) is 3.74. The molecule has 0 bridgehead atoms. The first-order valence-electron chi connectivity index (χ1n) is 8.34. The van der Waals surface area contributed by atoms with Crippen molar-refractivity contribution in [2.24, 2.45) is 5.41 Å². The van der Waals surface area contributed by atoms with E-state index in [1.165, 1.54) is 0 Å². The molecule has 4 heteroatoms. The predicted octanol–water partition coefficient (Wildman–Crippen LogP) is 3.08. The van der Waals surface area contributed by atoms with Crippen LogP contribution in [0.2, 0.25) is 0 Å². The van der Waals surface area contributed by atoms with Crippen LogP contribution in [0.4, 0.5) is 0 Å². The summed E-state index contributed by atoms with van der Waals surface area (Å²) in [4.78, 5) is 25.5. The lowest BCUT2D eigenvalue weighted by Crippen LogP contribution is -2.47. The van der Waals surface area contributed by atoms with Crippen LogP contribution in [0.5, 0.6) is 0 Å². The minimum atomic E-state index is -0.950. The van der Waals surface area contributed by atoms with Gasteiger partial charge >= 0.3 is 0 Å². The van der Waals surface area contributed by atoms with Crippen LogP contribution in [-0.4, -0.2) is 30.1 Å². The molecule has 1 aromatic rings. The quantitative estimate of drug-likeness (QED) is 0.801. The molecular formula is C19H24O4. The number of hydrogen-bond acceptors (Lipinski definition) is 4. The van der Waals surface area contributed by atoms with E-state index < -0.39 is 11.2 Å². The van der Waals surface area contributed by atoms with Gasteiger partial charge < -0.3 is 9.47 Å². The van der Waals surface area contributed by atoms with Crippen molar-refractivity contribution >= 4 is 11.6 Å². The van der Waals surface area contributed by atoms with E-state index in [2.05, 4.69) is 0 Å². The van der Waals surface area contributed by atoms with Crippen LogP contribution in [0.1, 0.15) is 45.1 Å². The molecule has 1 aliphatic heterocycles. The Labute approximate surface area is 137 Å². The highest BCUT2D eigenvalue weighted by atomic mass is 16.7. The third-order valence-electron chi connectivity index (χ3n) is 4.87. The van der Waals surface area contributed by atoms with Crippen LogP contribution in [-0.2, 0) is 25.5 Å². The fourth-order valence-electron chi connectivity index (χ4n) is 3.74. The first kappa shape index (κ1) is 16.3. The molecule has 1 aromatic carbocycles. The van der Waals surface area contributed by atoms with Gasteiger partial charge in [-0.25, -0.2) is 0 Å². The molecule has 2 aliphatic rings. The van der Waals surface area contributed by atoms with Crippen LogP contribution in [0.3, 0.4) is 0 Å². The Hall–Kier alpha value is -1.52. The first-order valence-corrected chi connectivity index (χ1v) is 8.34. The van der Waals surface area contributed by atoms with Crippen molar-refractivity contribution in [1.82, 2.24) is 0 Å². The molecule has 1 saturated carbocycles. The molecule has 2 fully saturated rings. The van der Waals surface area contributed by atoms with E-state index >= 15 is 0 Å². The number of rotatable bonds is 4. The number of carbonyl (C=O) groups is 2. The van der Waals surface area contributed by atoms with Crippen molar-refractivity contribution in [1.29, 1.82) is 0 Å². The second-order valence-corrected chi connectivity index (χ2v) is 7.10. The molecule has 124 valence electrons. The molecule has 0 radical (unpaired) electrons. The van der Waals surface area contributed by atoms with E-state index in [4.69, 9.17) is 9.47 Å². The summed E-state index contributed by atoms with van der Waals surface area (Å²) in [5.41, 5.74) is 0.0721. The summed E-state index contributed by atoms with van der Waals surface area (Å²) in [5, 5.41) is 0. The number of carbonyl (C=O) groups excluding carboxylic acids is 2. The Morgan fingerprint density at radius 2 is 1.74 bits per heavy atom. The van der Waals surface area contributed by atoms with Crippen LogP contribution < -0.4 is 0 Å². The second-order valence-electron chi connectivity index (χ2n) is 7.10. The topological polar surface area (TPSA) is 52.6 Å². The maximum atomic E-state index is 12.8. The molecule has 3 rings (SSSR count). The minimum Gasteiger partial charge on any atom is -0.348 e. The summed E-state index contributed by atoms with van der Waals surface area (Å²) in [6, 6.07) is 9.79. The van der Waals surface area contributed by atoms with Gasteiger partial charge in [0.1, 0.15) is 11.6 Å². The van der Waals surface area contributed by atoms with E-state index in [0.717, 1.165) is 5.56 Å². The average molecular weight is 316 g/mol. The van der Waals surface area contributed by atoms with Gasteiger partial charge in [-0.2, -0.15) is 0 Å². The normalized spacial score (nSPS) is 26.4. The number of Topliss-reactive ketones (excluding diaryl/α,β-unsaturated/α-hetero) is 2. The Balaban J connectivity index is 1.87. The molecule has 1 heterocycles. The van der Waals surface area contributed by atoms with Crippen LogP contribution in [0.15, 0.2) is 30.3 Å². The van der Waals surface area contributed by atoms with Gasteiger partial charge in [0.15, 0.2) is 5.79 Å². The average Bonchev–Trinajstić information content (AvgIpc) is 2.84. The lowest BCUT2D eigenvalue weighted by molar-refractivity contribution is -0.155. The third-order valence-corrected chi connectivity index (χ3v) is 4.87.